The molecule has 1 aromatic heterocycles. The summed E-state index contributed by atoms with van der Waals surface area (Å²) in [6.07, 6.45) is 4.63. The molecule has 2 N–H and O–H groups in total. The lowest BCUT2D eigenvalue weighted by molar-refractivity contribution is 0.129. The second-order valence-corrected chi connectivity index (χ2v) is 7.86. The monoisotopic (exact) mass is 352 g/mol. The van der Waals surface area contributed by atoms with Gasteiger partial charge in [-0.15, -0.1) is 11.3 Å². The van der Waals surface area contributed by atoms with E-state index in [9.17, 15) is 0 Å². The van der Waals surface area contributed by atoms with Crippen molar-refractivity contribution >= 4 is 17.3 Å². The summed E-state index contributed by atoms with van der Waals surface area (Å²) in [5.74, 6) is 0.921. The van der Waals surface area contributed by atoms with Gasteiger partial charge in [-0.1, -0.05) is 0 Å². The highest BCUT2D eigenvalue weighted by Gasteiger charge is 2.41. The first kappa shape index (κ1) is 19.2. The number of rotatable bonds is 10. The van der Waals surface area contributed by atoms with Crippen LogP contribution in [0.2, 0.25) is 0 Å². The lowest BCUT2D eigenvalue weighted by Gasteiger charge is -2.15. The summed E-state index contributed by atoms with van der Waals surface area (Å²) in [6.45, 7) is 12.7. The van der Waals surface area contributed by atoms with Gasteiger partial charge in [0.15, 0.2) is 5.96 Å². The van der Waals surface area contributed by atoms with Gasteiger partial charge in [0.05, 0.1) is 10.7 Å². The molecule has 0 amide bonds. The topological polar surface area (TPSA) is 58.5 Å². The molecule has 0 radical (unpaired) electrons. The predicted molar refractivity (Wildman–Crippen MR) is 102 cm³/mol. The molecule has 0 saturated heterocycles. The van der Waals surface area contributed by atoms with Crippen molar-refractivity contribution < 1.29 is 4.74 Å². The zero-order valence-corrected chi connectivity index (χ0v) is 16.4. The Morgan fingerprint density at radius 3 is 2.67 bits per heavy atom. The number of aryl methyl sites for hydroxylation is 2. The number of hydrogen-bond donors (Lipinski definition) is 2. The van der Waals surface area contributed by atoms with E-state index >= 15 is 0 Å². The first-order valence-electron chi connectivity index (χ1n) is 9.11. The molecule has 1 aliphatic rings. The van der Waals surface area contributed by atoms with Crippen molar-refractivity contribution in [1.82, 2.24) is 15.6 Å². The highest BCUT2D eigenvalue weighted by atomic mass is 32.1. The van der Waals surface area contributed by atoms with Crippen LogP contribution in [0.5, 0.6) is 0 Å². The number of nitrogens with zero attached hydrogens (tertiary/aromatic N) is 2. The van der Waals surface area contributed by atoms with E-state index in [1.807, 2.05) is 0 Å². The summed E-state index contributed by atoms with van der Waals surface area (Å²) in [7, 11) is 0. The lowest BCUT2D eigenvalue weighted by Crippen LogP contribution is -2.38. The number of nitrogens with one attached hydrogen (secondary N) is 2. The van der Waals surface area contributed by atoms with Gasteiger partial charge in [0.25, 0.3) is 0 Å². The van der Waals surface area contributed by atoms with Crippen LogP contribution >= 0.6 is 11.3 Å². The summed E-state index contributed by atoms with van der Waals surface area (Å²) in [6, 6.07) is 0. The first-order valence-corrected chi connectivity index (χ1v) is 9.93. The summed E-state index contributed by atoms with van der Waals surface area (Å²) >= 11 is 1.79. The third kappa shape index (κ3) is 6.06. The molecule has 0 unspecified atom stereocenters. The van der Waals surface area contributed by atoms with Gasteiger partial charge in [-0.2, -0.15) is 0 Å². The fourth-order valence-corrected chi connectivity index (χ4v) is 3.55. The van der Waals surface area contributed by atoms with E-state index in [-0.39, 0.29) is 0 Å². The molecule has 1 aliphatic carbocycles. The van der Waals surface area contributed by atoms with Crippen LogP contribution in [-0.4, -0.2) is 43.8 Å². The van der Waals surface area contributed by atoms with E-state index in [0.717, 1.165) is 57.3 Å². The van der Waals surface area contributed by atoms with Gasteiger partial charge >= 0.3 is 0 Å². The third-order valence-corrected chi connectivity index (χ3v) is 5.69. The highest BCUT2D eigenvalue weighted by molar-refractivity contribution is 7.11. The fourth-order valence-electron chi connectivity index (χ4n) is 2.62. The molecule has 1 saturated carbocycles. The Bertz CT molecular complexity index is 518. The van der Waals surface area contributed by atoms with Gasteiger partial charge in [-0.25, -0.2) is 4.98 Å². The average molecular weight is 353 g/mol. The van der Waals surface area contributed by atoms with Crippen LogP contribution in [-0.2, 0) is 11.2 Å². The normalized spacial score (nSPS) is 16.2. The molecule has 136 valence electrons. The van der Waals surface area contributed by atoms with E-state index in [1.54, 1.807) is 11.3 Å². The number of ether oxygens (including phenoxy) is 1. The molecular weight excluding hydrogens is 320 g/mol. The minimum Gasteiger partial charge on any atom is -0.382 e. The van der Waals surface area contributed by atoms with Crippen molar-refractivity contribution in [1.29, 1.82) is 0 Å². The predicted octanol–water partition coefficient (Wildman–Crippen LogP) is 3.06. The molecule has 1 aromatic rings. The van der Waals surface area contributed by atoms with E-state index in [0.29, 0.717) is 5.41 Å². The Balaban J connectivity index is 1.78. The standard InChI is InChI=1S/C18H32N4OS/c1-5-19-17(20-11-7-16-22-14(3)15(4)24-16)21-13-18(8-9-18)10-12-23-6-2/h5-13H2,1-4H3,(H2,19,20,21). The van der Waals surface area contributed by atoms with Gasteiger partial charge in [-0.05, 0) is 52.4 Å². The van der Waals surface area contributed by atoms with Crippen molar-refractivity contribution in [3.63, 3.8) is 0 Å². The molecule has 0 bridgehead atoms. The van der Waals surface area contributed by atoms with Crippen molar-refractivity contribution in [3.05, 3.63) is 15.6 Å². The Hall–Kier alpha value is -1.14. The quantitative estimate of drug-likeness (QED) is 0.386. The van der Waals surface area contributed by atoms with E-state index in [2.05, 4.69) is 43.3 Å². The summed E-state index contributed by atoms with van der Waals surface area (Å²) < 4.78 is 5.50. The van der Waals surface area contributed by atoms with E-state index in [4.69, 9.17) is 9.73 Å². The maximum Gasteiger partial charge on any atom is 0.191 e. The second-order valence-electron chi connectivity index (χ2n) is 6.57. The number of guanidine groups is 1. The molecule has 5 nitrogen and oxygen atoms in total. The van der Waals surface area contributed by atoms with Crippen molar-refractivity contribution in [3.8, 4) is 0 Å². The Labute approximate surface area is 150 Å². The van der Waals surface area contributed by atoms with Crippen LogP contribution in [0, 0.1) is 19.3 Å². The second kappa shape index (κ2) is 9.37. The molecule has 0 spiro atoms. The molecular formula is C18H32N4OS. The molecule has 0 aliphatic heterocycles. The van der Waals surface area contributed by atoms with Crippen LogP contribution in [0.3, 0.4) is 0 Å². The molecule has 0 aromatic carbocycles. The third-order valence-electron chi connectivity index (χ3n) is 4.56. The van der Waals surface area contributed by atoms with Gasteiger partial charge in [0, 0.05) is 44.1 Å². The molecule has 1 heterocycles. The van der Waals surface area contributed by atoms with Crippen molar-refractivity contribution in [2.75, 3.05) is 32.8 Å². The minimum absolute atomic E-state index is 0.390. The minimum atomic E-state index is 0.390. The largest absolute Gasteiger partial charge is 0.382 e. The zero-order chi connectivity index (χ0) is 17.4. The Morgan fingerprint density at radius 2 is 2.08 bits per heavy atom. The summed E-state index contributed by atoms with van der Waals surface area (Å²) in [4.78, 5) is 10.7. The summed E-state index contributed by atoms with van der Waals surface area (Å²) in [5, 5.41) is 7.98. The van der Waals surface area contributed by atoms with Gasteiger partial charge in [0.1, 0.15) is 0 Å². The highest BCUT2D eigenvalue weighted by Crippen LogP contribution is 2.48. The lowest BCUT2D eigenvalue weighted by atomic mass is 10.0. The van der Waals surface area contributed by atoms with Crippen molar-refractivity contribution in [2.45, 2.75) is 53.4 Å². The molecule has 1 fully saturated rings. The summed E-state index contributed by atoms with van der Waals surface area (Å²) in [5.41, 5.74) is 1.54. The fraction of sp³-hybridized carbons (Fsp3) is 0.778. The average Bonchev–Trinajstić information content (AvgIpc) is 3.25. The maximum absolute atomic E-state index is 5.50. The maximum atomic E-state index is 5.50. The number of hydrogen-bond acceptors (Lipinski definition) is 4. The SMILES string of the molecule is CCNC(=NCC1(CCOCC)CC1)NCCc1nc(C)c(C)s1. The first-order chi connectivity index (χ1) is 11.6. The van der Waals surface area contributed by atoms with Gasteiger partial charge < -0.3 is 15.4 Å². The number of aliphatic imine (C=N–C) groups is 1. The molecule has 6 heteroatoms. The smallest absolute Gasteiger partial charge is 0.191 e. The van der Waals surface area contributed by atoms with Crippen molar-refractivity contribution in [2.24, 2.45) is 10.4 Å². The van der Waals surface area contributed by atoms with Gasteiger partial charge in [-0.3, -0.25) is 4.99 Å². The number of thiazole rings is 1. The zero-order valence-electron chi connectivity index (χ0n) is 15.6. The molecule has 2 rings (SSSR count). The van der Waals surface area contributed by atoms with Crippen LogP contribution in [0.15, 0.2) is 4.99 Å². The number of aromatic nitrogens is 1. The Morgan fingerprint density at radius 1 is 1.29 bits per heavy atom. The van der Waals surface area contributed by atoms with E-state index < -0.39 is 0 Å². The van der Waals surface area contributed by atoms with Crippen LogP contribution in [0.4, 0.5) is 0 Å². The molecule has 24 heavy (non-hydrogen) atoms. The van der Waals surface area contributed by atoms with Crippen LogP contribution in [0.25, 0.3) is 0 Å². The van der Waals surface area contributed by atoms with Crippen LogP contribution < -0.4 is 10.6 Å². The van der Waals surface area contributed by atoms with Crippen LogP contribution in [0.1, 0.15) is 48.7 Å². The molecule has 0 atom stereocenters. The van der Waals surface area contributed by atoms with E-state index in [1.165, 1.54) is 22.7 Å². The van der Waals surface area contributed by atoms with Gasteiger partial charge in [0.2, 0.25) is 0 Å². The Kier molecular flexibility index (Phi) is 7.49.